The highest BCUT2D eigenvalue weighted by atomic mass is 32.2. The Labute approximate surface area is 256 Å². The van der Waals surface area contributed by atoms with Gasteiger partial charge in [0.25, 0.3) is 21.0 Å². The van der Waals surface area contributed by atoms with Gasteiger partial charge in [0.2, 0.25) is 22.1 Å². The lowest BCUT2D eigenvalue weighted by molar-refractivity contribution is -0.655. The Hall–Kier alpha value is -3.58. The van der Waals surface area contributed by atoms with Gasteiger partial charge in [0, 0.05) is 40.9 Å². The van der Waals surface area contributed by atoms with E-state index in [2.05, 4.69) is 18.6 Å². The number of allylic oxidation sites excluding steroid dienone is 3. The maximum Gasteiger partial charge on any atom is 0.299 e. The molecule has 0 saturated carbocycles. The molecule has 0 saturated heterocycles. The van der Waals surface area contributed by atoms with E-state index < -0.39 is 37.2 Å². The Morgan fingerprint density at radius 2 is 1.74 bits per heavy atom. The second kappa shape index (κ2) is 11.5. The fourth-order valence-electron chi connectivity index (χ4n) is 5.61. The molecule has 0 fully saturated rings. The molecule has 1 aliphatic rings. The number of hydrogen-bond acceptors (Lipinski definition) is 7. The summed E-state index contributed by atoms with van der Waals surface area (Å²) in [4.78, 5) is 14.8. The van der Waals surface area contributed by atoms with Crippen LogP contribution in [-0.4, -0.2) is 45.8 Å². The first-order valence-corrected chi connectivity index (χ1v) is 18.1. The van der Waals surface area contributed by atoms with Gasteiger partial charge in [-0.05, 0) is 41.2 Å². The number of thiazole rings is 1. The minimum absolute atomic E-state index is 0.0860. The van der Waals surface area contributed by atoms with Crippen molar-refractivity contribution >= 4 is 70.1 Å². The summed E-state index contributed by atoms with van der Waals surface area (Å²) in [5.41, 5.74) is 4.11. The smallest absolute Gasteiger partial charge is 0.299 e. The Bertz CT molecular complexity index is 2030. The normalized spacial score (nSPS) is 16.3. The first-order valence-electron chi connectivity index (χ1n) is 13.8. The van der Waals surface area contributed by atoms with E-state index in [1.807, 2.05) is 89.2 Å². The summed E-state index contributed by atoms with van der Waals surface area (Å²) >= 11 is 1.52. The third-order valence-electron chi connectivity index (χ3n) is 7.63. The van der Waals surface area contributed by atoms with Crippen LogP contribution in [0.25, 0.3) is 27.1 Å². The standard InChI is InChI=1S/C31H33N3O6S3/c1-5-21(18-27-31(2,3)24-12-8-9-13-25(24)33(27)16-17-43(38,39)40)19-29-34(20-28(35)32-42(4,36)37)26-15-14-22-10-6-7-11-23(22)30(26)41-29/h6-15,18-19H,5,16-17,20H2,1-4H3,(H-,32,35,38,39,40)/p+1. The van der Waals surface area contributed by atoms with Gasteiger partial charge in [-0.2, -0.15) is 13.0 Å². The van der Waals surface area contributed by atoms with Crippen molar-refractivity contribution in [3.8, 4) is 0 Å². The first-order chi connectivity index (χ1) is 20.2. The molecule has 43 heavy (non-hydrogen) atoms. The molecule has 1 amide bonds. The van der Waals surface area contributed by atoms with Gasteiger partial charge in [-0.25, -0.2) is 13.1 Å². The highest BCUT2D eigenvalue weighted by Gasteiger charge is 2.40. The molecule has 0 unspecified atom stereocenters. The Balaban J connectivity index is 1.66. The van der Waals surface area contributed by atoms with Crippen molar-refractivity contribution in [1.29, 1.82) is 0 Å². The zero-order valence-electron chi connectivity index (χ0n) is 24.4. The predicted molar refractivity (Wildman–Crippen MR) is 172 cm³/mol. The van der Waals surface area contributed by atoms with Crippen molar-refractivity contribution in [2.24, 2.45) is 0 Å². The number of anilines is 1. The molecule has 226 valence electrons. The number of amides is 1. The molecule has 0 atom stereocenters. The van der Waals surface area contributed by atoms with Crippen LogP contribution in [0.1, 0.15) is 37.8 Å². The molecule has 1 aromatic heterocycles. The van der Waals surface area contributed by atoms with Crippen LogP contribution in [0.2, 0.25) is 0 Å². The van der Waals surface area contributed by atoms with Gasteiger partial charge in [-0.15, -0.1) is 0 Å². The number of nitrogens with zero attached hydrogens (tertiary/aromatic N) is 2. The molecule has 12 heteroatoms. The molecule has 9 nitrogen and oxygen atoms in total. The van der Waals surface area contributed by atoms with E-state index in [-0.39, 0.29) is 13.1 Å². The van der Waals surface area contributed by atoms with E-state index in [0.717, 1.165) is 54.8 Å². The van der Waals surface area contributed by atoms with Crippen LogP contribution in [0, 0.1) is 0 Å². The monoisotopic (exact) mass is 640 g/mol. The summed E-state index contributed by atoms with van der Waals surface area (Å²) in [6, 6.07) is 19.7. The van der Waals surface area contributed by atoms with Crippen LogP contribution in [-0.2, 0) is 36.9 Å². The number of fused-ring (bicyclic) bond motifs is 4. The van der Waals surface area contributed by atoms with Gasteiger partial charge in [0.1, 0.15) is 4.70 Å². The molecule has 2 N–H and O–H groups in total. The fourth-order valence-corrected chi connectivity index (χ4v) is 7.77. The van der Waals surface area contributed by atoms with Gasteiger partial charge in [0.05, 0.1) is 12.0 Å². The minimum Gasteiger partial charge on any atom is -0.343 e. The number of nitrogens with one attached hydrogen (secondary N) is 1. The van der Waals surface area contributed by atoms with Gasteiger partial charge in [-0.3, -0.25) is 9.35 Å². The van der Waals surface area contributed by atoms with Gasteiger partial charge in [0.15, 0.2) is 0 Å². The Morgan fingerprint density at radius 3 is 2.44 bits per heavy atom. The SMILES string of the molecule is CCC(=Cc1sc2c3ccccc3ccc2[n+]1CC(=O)NS(C)(=O)=O)C=C1N(CCS(=O)(=O)O)c2ccccc2C1(C)C. The van der Waals surface area contributed by atoms with Crippen LogP contribution in [0.5, 0.6) is 0 Å². The summed E-state index contributed by atoms with van der Waals surface area (Å²) in [5, 5.41) is 2.85. The van der Waals surface area contributed by atoms with Crippen molar-refractivity contribution in [2.45, 2.75) is 39.2 Å². The zero-order valence-corrected chi connectivity index (χ0v) is 26.8. The molecule has 0 aliphatic carbocycles. The van der Waals surface area contributed by atoms with Crippen LogP contribution in [0.15, 0.2) is 78.0 Å². The van der Waals surface area contributed by atoms with Crippen LogP contribution in [0.3, 0.4) is 0 Å². The van der Waals surface area contributed by atoms with E-state index in [1.54, 1.807) is 0 Å². The van der Waals surface area contributed by atoms with Gasteiger partial charge in [-0.1, -0.05) is 74.6 Å². The third kappa shape index (κ3) is 6.52. The van der Waals surface area contributed by atoms with Crippen molar-refractivity contribution in [3.63, 3.8) is 0 Å². The second-order valence-electron chi connectivity index (χ2n) is 11.1. The molecule has 2 heterocycles. The van der Waals surface area contributed by atoms with E-state index in [1.165, 1.54) is 11.3 Å². The number of benzene rings is 3. The van der Waals surface area contributed by atoms with E-state index >= 15 is 0 Å². The number of sulfonamides is 1. The molecule has 3 aromatic carbocycles. The quantitative estimate of drug-likeness (QED) is 0.199. The van der Waals surface area contributed by atoms with Crippen LogP contribution in [0.4, 0.5) is 5.69 Å². The number of para-hydroxylation sites is 1. The van der Waals surface area contributed by atoms with Crippen molar-refractivity contribution in [2.75, 3.05) is 23.5 Å². The topological polar surface area (TPSA) is 125 Å². The molecular formula is C31H34N3O6S3+. The maximum absolute atomic E-state index is 12.8. The molecule has 0 bridgehead atoms. The third-order valence-corrected chi connectivity index (χ3v) is 10.1. The predicted octanol–water partition coefficient (Wildman–Crippen LogP) is 4.78. The zero-order chi connectivity index (χ0) is 31.2. The molecule has 5 rings (SSSR count). The summed E-state index contributed by atoms with van der Waals surface area (Å²) in [6.45, 7) is 6.08. The van der Waals surface area contributed by atoms with E-state index in [0.29, 0.717) is 6.42 Å². The highest BCUT2D eigenvalue weighted by Crippen LogP contribution is 2.48. The summed E-state index contributed by atoms with van der Waals surface area (Å²) in [5.74, 6) is -1.06. The molecular weight excluding hydrogens is 607 g/mol. The van der Waals surface area contributed by atoms with Crippen molar-refractivity contribution in [1.82, 2.24) is 4.72 Å². The molecule has 4 aromatic rings. The van der Waals surface area contributed by atoms with Gasteiger partial charge >= 0.3 is 0 Å². The lowest BCUT2D eigenvalue weighted by Gasteiger charge is -2.27. The Kier molecular flexibility index (Phi) is 8.25. The minimum atomic E-state index is -4.19. The van der Waals surface area contributed by atoms with Crippen LogP contribution < -0.4 is 14.2 Å². The first kappa shape index (κ1) is 30.9. The average molecular weight is 641 g/mol. The summed E-state index contributed by atoms with van der Waals surface area (Å²) < 4.78 is 61.4. The lowest BCUT2D eigenvalue weighted by Crippen LogP contribution is -2.45. The molecule has 0 spiro atoms. The largest absolute Gasteiger partial charge is 0.343 e. The second-order valence-corrected chi connectivity index (χ2v) is 15.5. The number of carbonyl (C=O) groups excluding carboxylic acids is 1. The fraction of sp³-hybridized carbons (Fsp3) is 0.290. The number of rotatable bonds is 9. The Morgan fingerprint density at radius 1 is 1.05 bits per heavy atom. The number of carbonyl (C=O) groups is 1. The maximum atomic E-state index is 12.8. The average Bonchev–Trinajstić information content (AvgIpc) is 3.37. The van der Waals surface area contributed by atoms with Crippen molar-refractivity contribution in [3.05, 3.63) is 88.6 Å². The lowest BCUT2D eigenvalue weighted by atomic mass is 9.83. The van der Waals surface area contributed by atoms with Gasteiger partial charge < -0.3 is 4.90 Å². The van der Waals surface area contributed by atoms with Crippen molar-refractivity contribution < 1.29 is 30.7 Å². The van der Waals surface area contributed by atoms with E-state index in [9.17, 15) is 26.2 Å². The van der Waals surface area contributed by atoms with E-state index in [4.69, 9.17) is 0 Å². The number of aromatic nitrogens is 1. The highest BCUT2D eigenvalue weighted by molar-refractivity contribution is 7.89. The summed E-state index contributed by atoms with van der Waals surface area (Å²) in [6.07, 6.45) is 5.63. The summed E-state index contributed by atoms with van der Waals surface area (Å²) in [7, 11) is -7.92. The number of hydrogen-bond donors (Lipinski definition) is 2. The van der Waals surface area contributed by atoms with Crippen LogP contribution >= 0.6 is 11.3 Å². The molecule has 1 aliphatic heterocycles. The molecule has 0 radical (unpaired) electrons.